The number of amides is 2. The number of carbonyl (C=O) groups is 2. The molecule has 1 fully saturated rings. The Hall–Kier alpha value is -2.37. The summed E-state index contributed by atoms with van der Waals surface area (Å²) in [5.74, 6) is 0.459. The molecule has 2 amide bonds. The maximum Gasteiger partial charge on any atom is 0.275 e. The molecule has 0 saturated heterocycles. The summed E-state index contributed by atoms with van der Waals surface area (Å²) in [6.07, 6.45) is 7.45. The highest BCUT2D eigenvalue weighted by atomic mass is 35.5. The van der Waals surface area contributed by atoms with Crippen LogP contribution in [-0.2, 0) is 4.79 Å². The van der Waals surface area contributed by atoms with Crippen LogP contribution >= 0.6 is 23.2 Å². The van der Waals surface area contributed by atoms with Crippen molar-refractivity contribution in [3.63, 3.8) is 0 Å². The number of hydrogen-bond acceptors (Lipinski definition) is 3. The van der Waals surface area contributed by atoms with Crippen molar-refractivity contribution in [1.82, 2.24) is 10.2 Å². The summed E-state index contributed by atoms with van der Waals surface area (Å²) < 4.78 is 0. The van der Waals surface area contributed by atoms with Gasteiger partial charge in [0.05, 0.1) is 16.1 Å². The van der Waals surface area contributed by atoms with Crippen molar-refractivity contribution in [3.05, 3.63) is 69.2 Å². The van der Waals surface area contributed by atoms with Crippen LogP contribution in [0, 0.1) is 11.3 Å². The van der Waals surface area contributed by atoms with E-state index in [1.165, 1.54) is 0 Å². The van der Waals surface area contributed by atoms with Crippen molar-refractivity contribution in [1.29, 1.82) is 0 Å². The number of nitrogens with zero attached hydrogens (tertiary/aromatic N) is 2. The molecule has 4 rings (SSSR count). The number of carbonyl (C=O) groups excluding carboxylic acids is 2. The van der Waals surface area contributed by atoms with Crippen LogP contribution in [0.1, 0.15) is 114 Å². The number of aliphatic imine (C=N–C) groups is 1. The minimum Gasteiger partial charge on any atom is -0.352 e. The molecule has 5 nitrogen and oxygen atoms in total. The number of hydrogen-bond donors (Lipinski definition) is 1. The molecule has 1 aliphatic carbocycles. The predicted octanol–water partition coefficient (Wildman–Crippen LogP) is 8.63. The minimum absolute atomic E-state index is 0.0604. The van der Waals surface area contributed by atoms with Gasteiger partial charge in [-0.05, 0) is 79.7 Å². The number of rotatable bonds is 10. The monoisotopic (exact) mass is 583 g/mol. The molecule has 216 valence electrons. The lowest BCUT2D eigenvalue weighted by molar-refractivity contribution is -0.133. The van der Waals surface area contributed by atoms with Crippen LogP contribution in [0.5, 0.6) is 0 Å². The highest BCUT2D eigenvalue weighted by molar-refractivity contribution is 6.48. The van der Waals surface area contributed by atoms with Crippen LogP contribution in [0.15, 0.2) is 47.5 Å². The Morgan fingerprint density at radius 2 is 1.73 bits per heavy atom. The second-order valence-electron chi connectivity index (χ2n) is 12.0. The zero-order chi connectivity index (χ0) is 29.1. The predicted molar refractivity (Wildman–Crippen MR) is 165 cm³/mol. The van der Waals surface area contributed by atoms with Crippen molar-refractivity contribution in [2.45, 2.75) is 97.7 Å². The molecule has 1 N–H and O–H groups in total. The highest BCUT2D eigenvalue weighted by Crippen LogP contribution is 2.50. The van der Waals surface area contributed by atoms with Crippen LogP contribution < -0.4 is 5.32 Å². The van der Waals surface area contributed by atoms with E-state index in [0.717, 1.165) is 56.9 Å². The van der Waals surface area contributed by atoms with E-state index in [4.69, 9.17) is 28.2 Å². The first-order valence-electron chi connectivity index (χ1n) is 14.8. The van der Waals surface area contributed by atoms with E-state index in [-0.39, 0.29) is 23.3 Å². The van der Waals surface area contributed by atoms with Gasteiger partial charge >= 0.3 is 0 Å². The van der Waals surface area contributed by atoms with Crippen molar-refractivity contribution in [2.75, 3.05) is 6.54 Å². The third kappa shape index (κ3) is 6.11. The lowest BCUT2D eigenvalue weighted by Crippen LogP contribution is -2.51. The van der Waals surface area contributed by atoms with Gasteiger partial charge in [0.1, 0.15) is 11.4 Å². The Balaban J connectivity index is 1.73. The lowest BCUT2D eigenvalue weighted by atomic mass is 9.67. The van der Waals surface area contributed by atoms with E-state index in [2.05, 4.69) is 37.9 Å². The average molecular weight is 585 g/mol. The molecular weight excluding hydrogens is 541 g/mol. The van der Waals surface area contributed by atoms with Gasteiger partial charge in [-0.2, -0.15) is 0 Å². The third-order valence-electron chi connectivity index (χ3n) is 9.15. The van der Waals surface area contributed by atoms with E-state index in [0.29, 0.717) is 39.3 Å². The second kappa shape index (κ2) is 12.7. The van der Waals surface area contributed by atoms with Gasteiger partial charge in [-0.25, -0.2) is 0 Å². The van der Waals surface area contributed by atoms with E-state index < -0.39 is 5.66 Å². The summed E-state index contributed by atoms with van der Waals surface area (Å²) in [5.41, 5.74) is 2.48. The summed E-state index contributed by atoms with van der Waals surface area (Å²) in [4.78, 5) is 34.2. The first kappa shape index (κ1) is 30.6. The van der Waals surface area contributed by atoms with E-state index in [1.54, 1.807) is 12.1 Å². The number of halogens is 2. The van der Waals surface area contributed by atoms with E-state index >= 15 is 0 Å². The van der Waals surface area contributed by atoms with Crippen molar-refractivity contribution < 1.29 is 9.59 Å². The maximum absolute atomic E-state index is 14.3. The molecule has 1 saturated carbocycles. The molecule has 2 aromatic carbocycles. The zero-order valence-electron chi connectivity index (χ0n) is 24.5. The fraction of sp³-hybridized carbons (Fsp3) is 0.545. The van der Waals surface area contributed by atoms with Crippen molar-refractivity contribution >= 4 is 40.7 Å². The Morgan fingerprint density at radius 3 is 2.30 bits per heavy atom. The van der Waals surface area contributed by atoms with Gasteiger partial charge in [0.15, 0.2) is 0 Å². The minimum atomic E-state index is -0.601. The molecule has 2 aromatic rings. The van der Waals surface area contributed by atoms with E-state index in [1.807, 2.05) is 37.3 Å². The van der Waals surface area contributed by atoms with Gasteiger partial charge in [-0.15, -0.1) is 0 Å². The molecule has 2 aliphatic rings. The van der Waals surface area contributed by atoms with Crippen LogP contribution in [0.25, 0.3) is 0 Å². The van der Waals surface area contributed by atoms with Gasteiger partial charge in [0, 0.05) is 17.7 Å². The lowest BCUT2D eigenvalue weighted by Gasteiger charge is -2.48. The van der Waals surface area contributed by atoms with Gasteiger partial charge in [0.25, 0.3) is 11.8 Å². The molecule has 1 unspecified atom stereocenters. The molecule has 1 atom stereocenters. The third-order valence-corrected chi connectivity index (χ3v) is 9.89. The summed E-state index contributed by atoms with van der Waals surface area (Å²) >= 11 is 12.6. The Labute approximate surface area is 249 Å². The first-order valence-corrected chi connectivity index (χ1v) is 15.6. The summed E-state index contributed by atoms with van der Waals surface area (Å²) in [6.45, 7) is 11.8. The highest BCUT2D eigenvalue weighted by Gasteiger charge is 2.52. The fourth-order valence-electron chi connectivity index (χ4n) is 6.29. The van der Waals surface area contributed by atoms with Crippen molar-refractivity contribution in [3.8, 4) is 0 Å². The topological polar surface area (TPSA) is 61.8 Å². The fourth-order valence-corrected chi connectivity index (χ4v) is 6.59. The molecule has 0 radical (unpaired) electrons. The van der Waals surface area contributed by atoms with Crippen LogP contribution in [0.2, 0.25) is 10.0 Å². The van der Waals surface area contributed by atoms with Gasteiger partial charge in [-0.1, -0.05) is 88.9 Å². The largest absolute Gasteiger partial charge is 0.352 e. The molecular formula is C33H43Cl2N3O2. The van der Waals surface area contributed by atoms with Gasteiger partial charge in [-0.3, -0.25) is 14.6 Å². The standard InChI is InChI=1S/C33H43Cl2N3O2/c1-6-9-28(22-10-12-23(13-11-22)30(39)36-20-7-2)38-31(40)29(24-14-15-26(34)27(35)21-24)37-33(38)18-16-25(17-19-33)32(4,5)8-3/h10-15,21,25,28H,6-9,16-20H2,1-5H3,(H,36,39). The molecule has 1 aliphatic heterocycles. The first-order chi connectivity index (χ1) is 19.1. The maximum atomic E-state index is 14.3. The van der Waals surface area contributed by atoms with Crippen LogP contribution in [0.3, 0.4) is 0 Å². The molecule has 7 heteroatoms. The summed E-state index contributed by atoms with van der Waals surface area (Å²) in [7, 11) is 0. The number of nitrogens with one attached hydrogen (secondary N) is 1. The van der Waals surface area contributed by atoms with Gasteiger partial charge < -0.3 is 10.2 Å². The molecule has 1 heterocycles. The van der Waals surface area contributed by atoms with Crippen LogP contribution in [0.4, 0.5) is 0 Å². The smallest absolute Gasteiger partial charge is 0.275 e. The Bertz CT molecular complexity index is 1250. The SMILES string of the molecule is CCCNC(=O)c1ccc(C(CCC)N2C(=O)C(c3ccc(Cl)c(Cl)c3)=NC23CCC(C(C)(C)CC)CC3)cc1. The zero-order valence-corrected chi connectivity index (χ0v) is 26.0. The Kier molecular flexibility index (Phi) is 9.67. The van der Waals surface area contributed by atoms with Crippen LogP contribution in [-0.4, -0.2) is 34.6 Å². The summed E-state index contributed by atoms with van der Waals surface area (Å²) in [5, 5.41) is 3.81. The van der Waals surface area contributed by atoms with Crippen molar-refractivity contribution in [2.24, 2.45) is 16.3 Å². The quantitative estimate of drug-likeness (QED) is 0.304. The molecule has 0 bridgehead atoms. The normalized spacial score (nSPS) is 22.0. The number of benzene rings is 2. The molecule has 0 aromatic heterocycles. The second-order valence-corrected chi connectivity index (χ2v) is 12.9. The van der Waals surface area contributed by atoms with E-state index in [9.17, 15) is 9.59 Å². The average Bonchev–Trinajstić information content (AvgIpc) is 3.23. The van der Waals surface area contributed by atoms with Gasteiger partial charge in [0.2, 0.25) is 0 Å². The molecule has 40 heavy (non-hydrogen) atoms. The Morgan fingerprint density at radius 1 is 1.05 bits per heavy atom. The molecule has 1 spiro atoms. The summed E-state index contributed by atoms with van der Waals surface area (Å²) in [6, 6.07) is 12.9.